The SMILES string of the molecule is Cl.N=C(N)c1cccc(NCC(=O)NCC(=O)N2CCSCC2)c1. The van der Waals surface area contributed by atoms with E-state index in [1.807, 2.05) is 11.8 Å². The highest BCUT2D eigenvalue weighted by Crippen LogP contribution is 2.10. The first kappa shape index (κ1) is 20.1. The molecule has 0 bridgehead atoms. The second kappa shape index (κ2) is 10.0. The molecule has 0 unspecified atom stereocenters. The molecule has 0 saturated carbocycles. The number of carbonyl (C=O) groups is 2. The zero-order valence-electron chi connectivity index (χ0n) is 13.2. The molecule has 0 spiro atoms. The Balaban J connectivity index is 0.00000288. The van der Waals surface area contributed by atoms with Gasteiger partial charge in [-0.25, -0.2) is 0 Å². The lowest BCUT2D eigenvalue weighted by Gasteiger charge is -2.26. The Labute approximate surface area is 151 Å². The highest BCUT2D eigenvalue weighted by Gasteiger charge is 2.16. The van der Waals surface area contributed by atoms with Crippen molar-refractivity contribution in [2.24, 2.45) is 5.73 Å². The van der Waals surface area contributed by atoms with Crippen LogP contribution in [0.2, 0.25) is 0 Å². The predicted octanol–water partition coefficient (Wildman–Crippen LogP) is 0.496. The molecule has 132 valence electrons. The summed E-state index contributed by atoms with van der Waals surface area (Å²) in [6.45, 7) is 1.58. The third-order valence-electron chi connectivity index (χ3n) is 3.43. The first-order chi connectivity index (χ1) is 11.1. The molecule has 0 aliphatic carbocycles. The maximum absolute atomic E-state index is 11.9. The number of thioether (sulfide) groups is 1. The summed E-state index contributed by atoms with van der Waals surface area (Å²) >= 11 is 1.83. The van der Waals surface area contributed by atoms with E-state index in [2.05, 4.69) is 10.6 Å². The Kier molecular flexibility index (Phi) is 8.42. The van der Waals surface area contributed by atoms with E-state index in [1.165, 1.54) is 0 Å². The molecule has 5 N–H and O–H groups in total. The largest absolute Gasteiger partial charge is 0.384 e. The molecule has 1 aliphatic heterocycles. The smallest absolute Gasteiger partial charge is 0.242 e. The second-order valence-electron chi connectivity index (χ2n) is 5.12. The van der Waals surface area contributed by atoms with Gasteiger partial charge in [-0.3, -0.25) is 15.0 Å². The highest BCUT2D eigenvalue weighted by atomic mass is 35.5. The molecule has 0 aromatic heterocycles. The van der Waals surface area contributed by atoms with Crippen molar-refractivity contribution in [3.05, 3.63) is 29.8 Å². The van der Waals surface area contributed by atoms with E-state index >= 15 is 0 Å². The Morgan fingerprint density at radius 3 is 2.62 bits per heavy atom. The van der Waals surface area contributed by atoms with Crippen LogP contribution >= 0.6 is 24.2 Å². The average Bonchev–Trinajstić information content (AvgIpc) is 2.58. The van der Waals surface area contributed by atoms with Gasteiger partial charge in [-0.1, -0.05) is 12.1 Å². The number of anilines is 1. The Morgan fingerprint density at radius 1 is 1.25 bits per heavy atom. The van der Waals surface area contributed by atoms with Crippen LogP contribution in [0.1, 0.15) is 5.56 Å². The lowest BCUT2D eigenvalue weighted by atomic mass is 10.2. The molecule has 1 aromatic carbocycles. The van der Waals surface area contributed by atoms with Crippen LogP contribution in [0.4, 0.5) is 5.69 Å². The summed E-state index contributed by atoms with van der Waals surface area (Å²) in [5.74, 6) is 1.58. The zero-order chi connectivity index (χ0) is 16.7. The zero-order valence-corrected chi connectivity index (χ0v) is 14.8. The molecule has 1 heterocycles. The number of benzene rings is 1. The van der Waals surface area contributed by atoms with E-state index in [0.717, 1.165) is 24.6 Å². The number of nitrogens with one attached hydrogen (secondary N) is 3. The van der Waals surface area contributed by atoms with Crippen molar-refractivity contribution in [1.29, 1.82) is 5.41 Å². The van der Waals surface area contributed by atoms with Crippen LogP contribution in [0.5, 0.6) is 0 Å². The monoisotopic (exact) mass is 371 g/mol. The summed E-state index contributed by atoms with van der Waals surface area (Å²) in [4.78, 5) is 25.5. The van der Waals surface area contributed by atoms with E-state index in [0.29, 0.717) is 11.3 Å². The van der Waals surface area contributed by atoms with Gasteiger partial charge in [0.05, 0.1) is 13.1 Å². The minimum atomic E-state index is -0.252. The number of nitrogen functional groups attached to an aromatic ring is 1. The number of halogens is 1. The molecule has 0 radical (unpaired) electrons. The van der Waals surface area contributed by atoms with Crippen LogP contribution in [-0.2, 0) is 9.59 Å². The number of amidine groups is 1. The van der Waals surface area contributed by atoms with E-state index in [-0.39, 0.29) is 43.1 Å². The molecular formula is C15H22ClN5O2S. The summed E-state index contributed by atoms with van der Waals surface area (Å²) in [7, 11) is 0. The minimum absolute atomic E-state index is 0. The maximum atomic E-state index is 11.9. The third kappa shape index (κ3) is 6.29. The van der Waals surface area contributed by atoms with Gasteiger partial charge in [0.2, 0.25) is 11.8 Å². The standard InChI is InChI=1S/C15H21N5O2S.ClH/c16-15(17)11-2-1-3-12(8-11)18-9-13(21)19-10-14(22)20-4-6-23-7-5-20;/h1-3,8,18H,4-7,9-10H2,(H3,16,17)(H,19,21);1H. The molecule has 2 rings (SSSR count). The quantitative estimate of drug-likeness (QED) is 0.429. The number of rotatable bonds is 6. The van der Waals surface area contributed by atoms with Crippen molar-refractivity contribution in [2.75, 3.05) is 43.0 Å². The Hall–Kier alpha value is -1.93. The number of carbonyl (C=O) groups excluding carboxylic acids is 2. The van der Waals surface area contributed by atoms with Crippen molar-refractivity contribution in [2.45, 2.75) is 0 Å². The molecule has 1 saturated heterocycles. The normalized spacial score (nSPS) is 13.6. The topological polar surface area (TPSA) is 111 Å². The van der Waals surface area contributed by atoms with E-state index < -0.39 is 0 Å². The fraction of sp³-hybridized carbons (Fsp3) is 0.400. The molecule has 7 nitrogen and oxygen atoms in total. The lowest BCUT2D eigenvalue weighted by molar-refractivity contribution is -0.132. The number of hydrogen-bond acceptors (Lipinski definition) is 5. The molecular weight excluding hydrogens is 350 g/mol. The lowest BCUT2D eigenvalue weighted by Crippen LogP contribution is -2.44. The minimum Gasteiger partial charge on any atom is -0.384 e. The van der Waals surface area contributed by atoms with Crippen molar-refractivity contribution in [3.63, 3.8) is 0 Å². The van der Waals surface area contributed by atoms with Crippen LogP contribution in [-0.4, -0.2) is 60.2 Å². The van der Waals surface area contributed by atoms with Gasteiger partial charge in [0.1, 0.15) is 5.84 Å². The van der Waals surface area contributed by atoms with Gasteiger partial charge in [-0.15, -0.1) is 12.4 Å². The Morgan fingerprint density at radius 2 is 1.96 bits per heavy atom. The van der Waals surface area contributed by atoms with Crippen molar-refractivity contribution in [3.8, 4) is 0 Å². The van der Waals surface area contributed by atoms with Gasteiger partial charge < -0.3 is 21.3 Å². The number of nitrogens with two attached hydrogens (primary N) is 1. The fourth-order valence-electron chi connectivity index (χ4n) is 2.14. The highest BCUT2D eigenvalue weighted by molar-refractivity contribution is 7.99. The molecule has 1 aliphatic rings. The molecule has 2 amide bonds. The second-order valence-corrected chi connectivity index (χ2v) is 6.34. The number of hydrogen-bond donors (Lipinski definition) is 4. The van der Waals surface area contributed by atoms with Crippen LogP contribution in [0.15, 0.2) is 24.3 Å². The third-order valence-corrected chi connectivity index (χ3v) is 4.37. The summed E-state index contributed by atoms with van der Waals surface area (Å²) in [5.41, 5.74) is 6.72. The first-order valence-electron chi connectivity index (χ1n) is 7.37. The van der Waals surface area contributed by atoms with Crippen molar-refractivity contribution >= 4 is 47.5 Å². The van der Waals surface area contributed by atoms with Crippen molar-refractivity contribution in [1.82, 2.24) is 10.2 Å². The van der Waals surface area contributed by atoms with Gasteiger partial charge in [-0.05, 0) is 12.1 Å². The number of amides is 2. The van der Waals surface area contributed by atoms with Crippen LogP contribution < -0.4 is 16.4 Å². The van der Waals surface area contributed by atoms with Gasteiger partial charge >= 0.3 is 0 Å². The van der Waals surface area contributed by atoms with Gasteiger partial charge in [0, 0.05) is 35.8 Å². The molecule has 0 atom stereocenters. The molecule has 24 heavy (non-hydrogen) atoms. The number of nitrogens with zero attached hydrogens (tertiary/aromatic N) is 1. The summed E-state index contributed by atoms with van der Waals surface area (Å²) in [6.07, 6.45) is 0. The van der Waals surface area contributed by atoms with Crippen LogP contribution in [0.25, 0.3) is 0 Å². The Bertz CT molecular complexity index is 593. The summed E-state index contributed by atoms with van der Waals surface area (Å²) in [5, 5.41) is 13.0. The van der Waals surface area contributed by atoms with Gasteiger partial charge in [0.15, 0.2) is 0 Å². The maximum Gasteiger partial charge on any atom is 0.242 e. The van der Waals surface area contributed by atoms with Crippen LogP contribution in [0.3, 0.4) is 0 Å². The molecule has 1 fully saturated rings. The fourth-order valence-corrected chi connectivity index (χ4v) is 3.04. The molecule has 1 aromatic rings. The van der Waals surface area contributed by atoms with Crippen molar-refractivity contribution < 1.29 is 9.59 Å². The molecule has 9 heteroatoms. The van der Waals surface area contributed by atoms with Gasteiger partial charge in [-0.2, -0.15) is 11.8 Å². The van der Waals surface area contributed by atoms with Gasteiger partial charge in [0.25, 0.3) is 0 Å². The van der Waals surface area contributed by atoms with E-state index in [1.54, 1.807) is 29.2 Å². The first-order valence-corrected chi connectivity index (χ1v) is 8.52. The van der Waals surface area contributed by atoms with Crippen LogP contribution in [0, 0.1) is 5.41 Å². The summed E-state index contributed by atoms with van der Waals surface area (Å²) < 4.78 is 0. The summed E-state index contributed by atoms with van der Waals surface area (Å²) in [6, 6.07) is 6.97. The predicted molar refractivity (Wildman–Crippen MR) is 100 cm³/mol. The van der Waals surface area contributed by atoms with E-state index in [4.69, 9.17) is 11.1 Å². The average molecular weight is 372 g/mol. The van der Waals surface area contributed by atoms with E-state index in [9.17, 15) is 9.59 Å².